The molecular formula is C21H24HfO3. The second-order valence-corrected chi connectivity index (χ2v) is 4.93. The number of hydrogen-bond acceptors (Lipinski definition) is 3. The molecule has 0 amide bonds. The molecule has 0 unspecified atom stereocenters. The number of aliphatic hydroxyl groups is 3. The summed E-state index contributed by atoms with van der Waals surface area (Å²) < 4.78 is 0. The fraction of sp³-hybridized carbons (Fsp3) is 0.143. The summed E-state index contributed by atoms with van der Waals surface area (Å²) >= 11 is 0. The minimum absolute atomic E-state index is 0. The van der Waals surface area contributed by atoms with Gasteiger partial charge in [0.05, 0.1) is 19.8 Å². The Bertz CT molecular complexity index is 537. The first-order chi connectivity index (χ1) is 11.8. The SMILES string of the molecule is OCc1ccccc1.OCc1ccccc1.OCc1ccccc1.[Hf]. The van der Waals surface area contributed by atoms with E-state index in [-0.39, 0.29) is 45.7 Å². The van der Waals surface area contributed by atoms with E-state index < -0.39 is 0 Å². The van der Waals surface area contributed by atoms with Crippen LogP contribution >= 0.6 is 0 Å². The van der Waals surface area contributed by atoms with Gasteiger partial charge >= 0.3 is 0 Å². The molecule has 0 fully saturated rings. The van der Waals surface area contributed by atoms with Crippen LogP contribution in [0.3, 0.4) is 0 Å². The van der Waals surface area contributed by atoms with Crippen molar-refractivity contribution in [3.8, 4) is 0 Å². The van der Waals surface area contributed by atoms with E-state index in [1.807, 2.05) is 91.0 Å². The molecule has 4 heteroatoms. The summed E-state index contributed by atoms with van der Waals surface area (Å²) in [5.41, 5.74) is 2.90. The zero-order chi connectivity index (χ0) is 17.5. The van der Waals surface area contributed by atoms with Crippen LogP contribution in [-0.2, 0) is 45.7 Å². The molecule has 0 aliphatic rings. The zero-order valence-electron chi connectivity index (χ0n) is 14.1. The molecule has 0 heterocycles. The Balaban J connectivity index is 0.000000339. The third-order valence-corrected chi connectivity index (χ3v) is 3.08. The Labute approximate surface area is 168 Å². The van der Waals surface area contributed by atoms with Crippen LogP contribution in [0.2, 0.25) is 0 Å². The molecule has 0 saturated heterocycles. The molecule has 0 aromatic heterocycles. The molecule has 3 rings (SSSR count). The standard InChI is InChI=1S/3C7H8O.Hf/c3*8-6-7-4-2-1-3-5-7;/h3*1-5,8H,6H2;. The van der Waals surface area contributed by atoms with Crippen LogP contribution in [0.15, 0.2) is 91.0 Å². The molecule has 0 radical (unpaired) electrons. The van der Waals surface area contributed by atoms with Gasteiger partial charge in [0.2, 0.25) is 0 Å². The summed E-state index contributed by atoms with van der Waals surface area (Å²) in [4.78, 5) is 0. The number of rotatable bonds is 3. The fourth-order valence-corrected chi connectivity index (χ4v) is 1.75. The first-order valence-corrected chi connectivity index (χ1v) is 7.74. The molecule has 0 atom stereocenters. The van der Waals surface area contributed by atoms with Gasteiger partial charge in [0.25, 0.3) is 0 Å². The van der Waals surface area contributed by atoms with Gasteiger partial charge in [0.1, 0.15) is 0 Å². The van der Waals surface area contributed by atoms with Gasteiger partial charge in [-0.25, -0.2) is 0 Å². The maximum Gasteiger partial charge on any atom is 0.0681 e. The van der Waals surface area contributed by atoms with E-state index in [9.17, 15) is 0 Å². The van der Waals surface area contributed by atoms with E-state index in [0.29, 0.717) is 0 Å². The predicted molar refractivity (Wildman–Crippen MR) is 97.1 cm³/mol. The van der Waals surface area contributed by atoms with Crippen molar-refractivity contribution in [1.82, 2.24) is 0 Å². The van der Waals surface area contributed by atoms with Crippen LogP contribution in [0.25, 0.3) is 0 Å². The van der Waals surface area contributed by atoms with Crippen molar-refractivity contribution in [1.29, 1.82) is 0 Å². The van der Waals surface area contributed by atoms with Crippen molar-refractivity contribution in [2.45, 2.75) is 19.8 Å². The predicted octanol–water partition coefficient (Wildman–Crippen LogP) is 3.53. The van der Waals surface area contributed by atoms with Gasteiger partial charge in [-0.1, -0.05) is 91.0 Å². The average molecular weight is 503 g/mol. The van der Waals surface area contributed by atoms with Gasteiger partial charge in [0, 0.05) is 25.8 Å². The Kier molecular flexibility index (Phi) is 14.9. The third-order valence-electron chi connectivity index (χ3n) is 3.08. The number of aliphatic hydroxyl groups excluding tert-OH is 3. The van der Waals surface area contributed by atoms with E-state index in [2.05, 4.69) is 0 Å². The van der Waals surface area contributed by atoms with Crippen LogP contribution < -0.4 is 0 Å². The van der Waals surface area contributed by atoms with Gasteiger partial charge in [-0.2, -0.15) is 0 Å². The first-order valence-electron chi connectivity index (χ1n) is 7.74. The number of hydrogen-bond donors (Lipinski definition) is 3. The minimum atomic E-state index is 0. The van der Waals surface area contributed by atoms with Crippen molar-refractivity contribution in [2.75, 3.05) is 0 Å². The van der Waals surface area contributed by atoms with Crippen molar-refractivity contribution >= 4 is 0 Å². The van der Waals surface area contributed by atoms with Crippen LogP contribution in [0.1, 0.15) is 16.7 Å². The average Bonchev–Trinajstić information content (AvgIpc) is 2.71. The Morgan fingerprint density at radius 1 is 0.400 bits per heavy atom. The van der Waals surface area contributed by atoms with Gasteiger partial charge in [-0.15, -0.1) is 0 Å². The van der Waals surface area contributed by atoms with Crippen molar-refractivity contribution < 1.29 is 41.2 Å². The molecule has 0 aliphatic heterocycles. The summed E-state index contributed by atoms with van der Waals surface area (Å²) in [6.45, 7) is 0.419. The van der Waals surface area contributed by atoms with Gasteiger partial charge in [-0.05, 0) is 16.7 Å². The van der Waals surface area contributed by atoms with E-state index in [1.165, 1.54) is 0 Å². The quantitative estimate of drug-likeness (QED) is 0.480. The molecule has 3 aromatic carbocycles. The third kappa shape index (κ3) is 11.6. The molecule has 0 aliphatic carbocycles. The van der Waals surface area contributed by atoms with Crippen LogP contribution in [0.4, 0.5) is 0 Å². The summed E-state index contributed by atoms with van der Waals surface area (Å²) in [7, 11) is 0. The summed E-state index contributed by atoms with van der Waals surface area (Å²) in [6, 6.07) is 28.6. The van der Waals surface area contributed by atoms with Gasteiger partial charge in [0.15, 0.2) is 0 Å². The molecule has 0 spiro atoms. The van der Waals surface area contributed by atoms with E-state index in [1.54, 1.807) is 0 Å². The smallest absolute Gasteiger partial charge is 0.0681 e. The maximum atomic E-state index is 8.54. The van der Waals surface area contributed by atoms with E-state index >= 15 is 0 Å². The second kappa shape index (κ2) is 15.9. The minimum Gasteiger partial charge on any atom is -0.392 e. The molecule has 25 heavy (non-hydrogen) atoms. The largest absolute Gasteiger partial charge is 0.392 e. The van der Waals surface area contributed by atoms with Crippen molar-refractivity contribution in [2.24, 2.45) is 0 Å². The van der Waals surface area contributed by atoms with Crippen molar-refractivity contribution in [3.63, 3.8) is 0 Å². The molecule has 3 N–H and O–H groups in total. The molecular weight excluding hydrogens is 479 g/mol. The van der Waals surface area contributed by atoms with E-state index in [4.69, 9.17) is 15.3 Å². The normalized spacial score (nSPS) is 8.76. The van der Waals surface area contributed by atoms with Crippen LogP contribution in [0.5, 0.6) is 0 Å². The molecule has 3 aromatic rings. The Morgan fingerprint density at radius 2 is 0.600 bits per heavy atom. The monoisotopic (exact) mass is 504 g/mol. The Hall–Kier alpha value is -1.59. The van der Waals surface area contributed by atoms with Crippen LogP contribution in [0, 0.1) is 0 Å². The summed E-state index contributed by atoms with van der Waals surface area (Å²) in [5.74, 6) is 0. The molecule has 0 bridgehead atoms. The van der Waals surface area contributed by atoms with Gasteiger partial charge < -0.3 is 15.3 Å². The number of benzene rings is 3. The molecule has 3 nitrogen and oxygen atoms in total. The summed E-state index contributed by atoms with van der Waals surface area (Å²) in [5, 5.41) is 25.6. The van der Waals surface area contributed by atoms with E-state index in [0.717, 1.165) is 16.7 Å². The van der Waals surface area contributed by atoms with Crippen LogP contribution in [-0.4, -0.2) is 15.3 Å². The fourth-order valence-electron chi connectivity index (χ4n) is 1.75. The summed E-state index contributed by atoms with van der Waals surface area (Å²) in [6.07, 6.45) is 0. The molecule has 0 saturated carbocycles. The zero-order valence-corrected chi connectivity index (χ0v) is 17.7. The van der Waals surface area contributed by atoms with Crippen molar-refractivity contribution in [3.05, 3.63) is 108 Å². The topological polar surface area (TPSA) is 60.7 Å². The molecule has 130 valence electrons. The maximum absolute atomic E-state index is 8.54. The Morgan fingerprint density at radius 3 is 0.720 bits per heavy atom. The second-order valence-electron chi connectivity index (χ2n) is 4.93. The van der Waals surface area contributed by atoms with Gasteiger partial charge in [-0.3, -0.25) is 0 Å². The first kappa shape index (κ1) is 23.4.